The van der Waals surface area contributed by atoms with Gasteiger partial charge in [-0.25, -0.2) is 4.98 Å². The Hall–Kier alpha value is -2.66. The van der Waals surface area contributed by atoms with E-state index in [-0.39, 0.29) is 5.56 Å². The Morgan fingerprint density at radius 3 is 2.54 bits per heavy atom. The van der Waals surface area contributed by atoms with Gasteiger partial charge in [-0.2, -0.15) is 0 Å². The molecule has 24 heavy (non-hydrogen) atoms. The Labute approximate surface area is 145 Å². The van der Waals surface area contributed by atoms with E-state index in [1.54, 1.807) is 19.4 Å². The molecule has 0 saturated carbocycles. The second kappa shape index (κ2) is 7.27. The lowest BCUT2D eigenvalue weighted by Crippen LogP contribution is -2.22. The first kappa shape index (κ1) is 16.2. The van der Waals surface area contributed by atoms with Crippen LogP contribution in [0.4, 0.5) is 5.95 Å². The van der Waals surface area contributed by atoms with Gasteiger partial charge in [-0.3, -0.25) is 14.3 Å². The molecule has 2 aromatic heterocycles. The lowest BCUT2D eigenvalue weighted by Gasteiger charge is -2.11. The maximum Gasteiger partial charge on any atom is 0.255 e. The van der Waals surface area contributed by atoms with E-state index >= 15 is 0 Å². The van der Waals surface area contributed by atoms with Crippen molar-refractivity contribution >= 4 is 17.5 Å². The minimum Gasteiger partial charge on any atom is -0.355 e. The van der Waals surface area contributed by atoms with Gasteiger partial charge in [0, 0.05) is 42.6 Å². The van der Waals surface area contributed by atoms with Crippen LogP contribution < -0.4 is 10.9 Å². The monoisotopic (exact) mass is 340 g/mol. The largest absolute Gasteiger partial charge is 0.355 e. The summed E-state index contributed by atoms with van der Waals surface area (Å²) in [6, 6.07) is 12.9. The Balaban J connectivity index is 1.76. The minimum absolute atomic E-state index is 0.106. The molecule has 5 nitrogen and oxygen atoms in total. The molecular weight excluding hydrogens is 324 g/mol. The fraction of sp³-hybridized carbons (Fsp3) is 0.167. The van der Waals surface area contributed by atoms with Crippen molar-refractivity contribution in [2.24, 2.45) is 7.05 Å². The topological polar surface area (TPSA) is 59.8 Å². The summed E-state index contributed by atoms with van der Waals surface area (Å²) in [5, 5.41) is 3.95. The van der Waals surface area contributed by atoms with Gasteiger partial charge in [0.05, 0.1) is 5.69 Å². The predicted molar refractivity (Wildman–Crippen MR) is 96.4 cm³/mol. The van der Waals surface area contributed by atoms with Gasteiger partial charge in [0.1, 0.15) is 0 Å². The van der Waals surface area contributed by atoms with Gasteiger partial charge in [-0.1, -0.05) is 23.7 Å². The van der Waals surface area contributed by atoms with Crippen LogP contribution in [0.2, 0.25) is 5.02 Å². The molecule has 0 atom stereocenters. The first-order chi connectivity index (χ1) is 11.6. The van der Waals surface area contributed by atoms with Crippen molar-refractivity contribution in [3.8, 4) is 11.3 Å². The summed E-state index contributed by atoms with van der Waals surface area (Å²) >= 11 is 5.89. The van der Waals surface area contributed by atoms with Crippen LogP contribution in [-0.4, -0.2) is 21.1 Å². The van der Waals surface area contributed by atoms with Crippen molar-refractivity contribution in [3.05, 3.63) is 75.8 Å². The van der Waals surface area contributed by atoms with Crippen LogP contribution in [-0.2, 0) is 13.5 Å². The highest BCUT2D eigenvalue weighted by molar-refractivity contribution is 6.30. The number of pyridine rings is 1. The number of nitrogens with zero attached hydrogens (tertiary/aromatic N) is 3. The maximum atomic E-state index is 12.2. The number of anilines is 1. The molecule has 0 saturated heterocycles. The summed E-state index contributed by atoms with van der Waals surface area (Å²) in [6.07, 6.45) is 4.18. The Morgan fingerprint density at radius 2 is 1.83 bits per heavy atom. The molecule has 3 rings (SSSR count). The van der Waals surface area contributed by atoms with Gasteiger partial charge >= 0.3 is 0 Å². The second-order valence-electron chi connectivity index (χ2n) is 5.40. The van der Waals surface area contributed by atoms with Crippen LogP contribution in [0.15, 0.2) is 59.7 Å². The molecule has 0 aliphatic heterocycles. The lowest BCUT2D eigenvalue weighted by molar-refractivity contribution is 0.819. The second-order valence-corrected chi connectivity index (χ2v) is 5.84. The zero-order valence-electron chi connectivity index (χ0n) is 13.2. The van der Waals surface area contributed by atoms with Crippen molar-refractivity contribution in [2.75, 3.05) is 11.9 Å². The molecule has 1 N–H and O–H groups in total. The van der Waals surface area contributed by atoms with Crippen molar-refractivity contribution in [2.45, 2.75) is 6.42 Å². The molecule has 0 aliphatic rings. The van der Waals surface area contributed by atoms with Gasteiger partial charge in [-0.15, -0.1) is 0 Å². The summed E-state index contributed by atoms with van der Waals surface area (Å²) in [7, 11) is 1.70. The Morgan fingerprint density at radius 1 is 1.12 bits per heavy atom. The summed E-state index contributed by atoms with van der Waals surface area (Å²) in [4.78, 5) is 20.7. The van der Waals surface area contributed by atoms with Crippen LogP contribution in [0.1, 0.15) is 5.56 Å². The Bertz CT molecular complexity index is 876. The maximum absolute atomic E-state index is 12.2. The molecule has 2 heterocycles. The van der Waals surface area contributed by atoms with Crippen LogP contribution in [0.3, 0.4) is 0 Å². The molecule has 0 bridgehead atoms. The highest BCUT2D eigenvalue weighted by Crippen LogP contribution is 2.16. The summed E-state index contributed by atoms with van der Waals surface area (Å²) in [5.41, 5.74) is 2.56. The third kappa shape index (κ3) is 3.81. The van der Waals surface area contributed by atoms with Gasteiger partial charge in [0.25, 0.3) is 5.56 Å². The normalized spacial score (nSPS) is 10.6. The van der Waals surface area contributed by atoms with Crippen molar-refractivity contribution < 1.29 is 0 Å². The third-order valence-corrected chi connectivity index (χ3v) is 3.97. The molecule has 1 aromatic carbocycles. The fourth-order valence-electron chi connectivity index (χ4n) is 2.34. The van der Waals surface area contributed by atoms with E-state index in [9.17, 15) is 4.79 Å². The molecule has 0 unspecified atom stereocenters. The summed E-state index contributed by atoms with van der Waals surface area (Å²) in [6.45, 7) is 0.668. The molecule has 0 aliphatic carbocycles. The molecular formula is C18H17ClN4O. The number of rotatable bonds is 5. The average Bonchev–Trinajstić information content (AvgIpc) is 2.61. The number of aromatic nitrogens is 3. The van der Waals surface area contributed by atoms with Crippen molar-refractivity contribution in [3.63, 3.8) is 0 Å². The zero-order chi connectivity index (χ0) is 16.9. The molecule has 0 fully saturated rings. The van der Waals surface area contributed by atoms with Crippen LogP contribution in [0.5, 0.6) is 0 Å². The first-order valence-electron chi connectivity index (χ1n) is 7.60. The van der Waals surface area contributed by atoms with E-state index < -0.39 is 0 Å². The zero-order valence-corrected chi connectivity index (χ0v) is 14.0. The molecule has 0 amide bonds. The molecule has 0 spiro atoms. The molecule has 6 heteroatoms. The molecule has 0 radical (unpaired) electrons. The molecule has 3 aromatic rings. The number of nitrogens with one attached hydrogen (secondary N) is 1. The van der Waals surface area contributed by atoms with E-state index in [4.69, 9.17) is 11.6 Å². The van der Waals surface area contributed by atoms with E-state index in [0.717, 1.165) is 17.0 Å². The van der Waals surface area contributed by atoms with E-state index in [0.29, 0.717) is 18.2 Å². The Kier molecular flexibility index (Phi) is 4.91. The number of hydrogen-bond acceptors (Lipinski definition) is 4. The van der Waals surface area contributed by atoms with Crippen molar-refractivity contribution in [1.82, 2.24) is 14.5 Å². The highest BCUT2D eigenvalue weighted by atomic mass is 35.5. The average molecular weight is 341 g/mol. The SMILES string of the molecule is Cn1c(NCCc2ccc(Cl)cc2)nc(-c2ccncc2)cc1=O. The standard InChI is InChI=1S/C18H17ClN4O/c1-23-17(24)12-16(14-7-9-20-10-8-14)22-18(23)21-11-6-13-2-4-15(19)5-3-13/h2-5,7-10,12H,6,11H2,1H3,(H,21,22). The number of benzene rings is 1. The van der Waals surface area contributed by atoms with E-state index in [1.807, 2.05) is 36.4 Å². The van der Waals surface area contributed by atoms with Crippen molar-refractivity contribution in [1.29, 1.82) is 0 Å². The van der Waals surface area contributed by atoms with E-state index in [1.165, 1.54) is 16.2 Å². The highest BCUT2D eigenvalue weighted by Gasteiger charge is 2.07. The number of halogens is 1. The molecule has 122 valence electrons. The smallest absolute Gasteiger partial charge is 0.255 e. The minimum atomic E-state index is -0.106. The lowest BCUT2D eigenvalue weighted by atomic mass is 10.1. The van der Waals surface area contributed by atoms with Crippen LogP contribution in [0, 0.1) is 0 Å². The van der Waals surface area contributed by atoms with Crippen LogP contribution >= 0.6 is 11.6 Å². The predicted octanol–water partition coefficient (Wildman–Crippen LogP) is 3.15. The van der Waals surface area contributed by atoms with E-state index in [2.05, 4.69) is 15.3 Å². The number of hydrogen-bond donors (Lipinski definition) is 1. The third-order valence-electron chi connectivity index (χ3n) is 3.72. The van der Waals surface area contributed by atoms with Gasteiger partial charge < -0.3 is 5.32 Å². The quantitative estimate of drug-likeness (QED) is 0.775. The van der Waals surface area contributed by atoms with Gasteiger partial charge in [0.15, 0.2) is 0 Å². The first-order valence-corrected chi connectivity index (χ1v) is 7.98. The summed E-state index contributed by atoms with van der Waals surface area (Å²) in [5.74, 6) is 0.545. The van der Waals surface area contributed by atoms with Gasteiger partial charge in [-0.05, 0) is 36.2 Å². The van der Waals surface area contributed by atoms with Gasteiger partial charge in [0.2, 0.25) is 5.95 Å². The van der Waals surface area contributed by atoms with Crippen LogP contribution in [0.25, 0.3) is 11.3 Å². The summed E-state index contributed by atoms with van der Waals surface area (Å²) < 4.78 is 1.51. The fourth-order valence-corrected chi connectivity index (χ4v) is 2.46.